The molecule has 1 atom stereocenters. The number of ether oxygens (including phenoxy) is 1. The van der Waals surface area contributed by atoms with E-state index in [4.69, 9.17) is 22.1 Å². The van der Waals surface area contributed by atoms with Crippen molar-refractivity contribution in [3.63, 3.8) is 0 Å². The first-order valence-electron chi connectivity index (χ1n) is 7.89. The average Bonchev–Trinajstić information content (AvgIpc) is 2.90. The number of carboxylic acids is 1. The number of thioether (sulfide) groups is 1. The van der Waals surface area contributed by atoms with Crippen LogP contribution in [-0.2, 0) is 9.59 Å². The molecule has 1 heterocycles. The molecule has 8 heteroatoms. The van der Waals surface area contributed by atoms with Crippen LogP contribution >= 0.6 is 24.0 Å². The third-order valence-corrected chi connectivity index (χ3v) is 5.03. The standard InChI is InChI=1S/C19H14FNO4S2/c1-11(18(23)24)25-13-8-6-12(7-9-13)10-16-17(22)21(19(26)27-16)15-5-3-2-4-14(15)20/h2-11H,1H3,(H,23,24)/b16-10+. The molecule has 2 aromatic rings. The fourth-order valence-electron chi connectivity index (χ4n) is 2.36. The van der Waals surface area contributed by atoms with Gasteiger partial charge in [-0.15, -0.1) is 0 Å². The van der Waals surface area contributed by atoms with Gasteiger partial charge in [0.05, 0.1) is 10.6 Å². The van der Waals surface area contributed by atoms with E-state index in [1.807, 2.05) is 0 Å². The molecule has 5 nitrogen and oxygen atoms in total. The van der Waals surface area contributed by atoms with Crippen LogP contribution in [0, 0.1) is 5.82 Å². The van der Waals surface area contributed by atoms with Gasteiger partial charge < -0.3 is 9.84 Å². The summed E-state index contributed by atoms with van der Waals surface area (Å²) in [7, 11) is 0. The number of hydrogen-bond donors (Lipinski definition) is 1. The van der Waals surface area contributed by atoms with Crippen molar-refractivity contribution in [1.82, 2.24) is 0 Å². The van der Waals surface area contributed by atoms with E-state index in [0.29, 0.717) is 16.2 Å². The van der Waals surface area contributed by atoms with Crippen LogP contribution in [0.3, 0.4) is 0 Å². The highest BCUT2D eigenvalue weighted by Gasteiger charge is 2.34. The van der Waals surface area contributed by atoms with Crippen molar-refractivity contribution in [3.05, 3.63) is 64.8 Å². The quantitative estimate of drug-likeness (QED) is 0.599. The molecule has 0 spiro atoms. The molecule has 0 aromatic heterocycles. The Morgan fingerprint density at radius 2 is 1.93 bits per heavy atom. The molecule has 138 valence electrons. The lowest BCUT2D eigenvalue weighted by Gasteiger charge is -2.14. The first-order chi connectivity index (χ1) is 12.9. The van der Waals surface area contributed by atoms with Crippen molar-refractivity contribution in [1.29, 1.82) is 0 Å². The smallest absolute Gasteiger partial charge is 0.344 e. The van der Waals surface area contributed by atoms with Crippen molar-refractivity contribution >= 4 is 51.9 Å². The molecule has 1 saturated heterocycles. The van der Waals surface area contributed by atoms with Crippen molar-refractivity contribution in [2.75, 3.05) is 4.90 Å². The number of benzene rings is 2. The van der Waals surface area contributed by atoms with E-state index >= 15 is 0 Å². The summed E-state index contributed by atoms with van der Waals surface area (Å²) in [5.74, 6) is -1.57. The second-order valence-electron chi connectivity index (χ2n) is 5.64. The van der Waals surface area contributed by atoms with Crippen LogP contribution in [-0.4, -0.2) is 27.4 Å². The van der Waals surface area contributed by atoms with Gasteiger partial charge in [-0.05, 0) is 42.8 Å². The van der Waals surface area contributed by atoms with Crippen LogP contribution in [0.1, 0.15) is 12.5 Å². The predicted octanol–water partition coefficient (Wildman–Crippen LogP) is 4.08. The summed E-state index contributed by atoms with van der Waals surface area (Å²) in [4.78, 5) is 25.0. The normalized spacial score (nSPS) is 16.7. The lowest BCUT2D eigenvalue weighted by atomic mass is 10.2. The van der Waals surface area contributed by atoms with Crippen molar-refractivity contribution < 1.29 is 23.8 Å². The maximum atomic E-state index is 14.0. The Labute approximate surface area is 164 Å². The minimum Gasteiger partial charge on any atom is -0.479 e. The molecular formula is C19H14FNO4S2. The van der Waals surface area contributed by atoms with E-state index < -0.39 is 23.8 Å². The minimum atomic E-state index is -1.06. The first kappa shape index (κ1) is 19.1. The van der Waals surface area contributed by atoms with E-state index in [2.05, 4.69) is 0 Å². The minimum absolute atomic E-state index is 0.120. The van der Waals surface area contributed by atoms with Crippen LogP contribution < -0.4 is 9.64 Å². The van der Waals surface area contributed by atoms with Crippen molar-refractivity contribution in [2.24, 2.45) is 0 Å². The summed E-state index contributed by atoms with van der Waals surface area (Å²) in [6.07, 6.45) is 0.678. The fraction of sp³-hybridized carbons (Fsp3) is 0.105. The zero-order valence-corrected chi connectivity index (χ0v) is 15.7. The summed E-state index contributed by atoms with van der Waals surface area (Å²) < 4.78 is 19.5. The Kier molecular flexibility index (Phi) is 5.57. The molecule has 0 aliphatic carbocycles. The third kappa shape index (κ3) is 4.17. The van der Waals surface area contributed by atoms with Gasteiger partial charge in [-0.25, -0.2) is 9.18 Å². The number of nitrogens with zero attached hydrogens (tertiary/aromatic N) is 1. The van der Waals surface area contributed by atoms with E-state index in [1.165, 1.54) is 24.0 Å². The number of carbonyl (C=O) groups excluding carboxylic acids is 1. The number of hydrogen-bond acceptors (Lipinski definition) is 5. The second kappa shape index (κ2) is 7.89. The monoisotopic (exact) mass is 403 g/mol. The molecule has 1 amide bonds. The Bertz CT molecular complexity index is 943. The van der Waals surface area contributed by atoms with Gasteiger partial charge in [-0.2, -0.15) is 0 Å². The van der Waals surface area contributed by atoms with Crippen LogP contribution in [0.4, 0.5) is 10.1 Å². The van der Waals surface area contributed by atoms with Crippen molar-refractivity contribution in [2.45, 2.75) is 13.0 Å². The van der Waals surface area contributed by atoms with E-state index in [1.54, 1.807) is 42.5 Å². The largest absolute Gasteiger partial charge is 0.479 e. The van der Waals surface area contributed by atoms with E-state index in [-0.39, 0.29) is 10.0 Å². The number of carbonyl (C=O) groups is 2. The molecule has 3 rings (SSSR count). The average molecular weight is 403 g/mol. The van der Waals surface area contributed by atoms with Gasteiger partial charge in [0.15, 0.2) is 10.4 Å². The van der Waals surface area contributed by atoms with Crippen LogP contribution in [0.5, 0.6) is 5.75 Å². The number of rotatable bonds is 5. The highest BCUT2D eigenvalue weighted by Crippen LogP contribution is 2.37. The molecule has 1 fully saturated rings. The van der Waals surface area contributed by atoms with Gasteiger partial charge >= 0.3 is 5.97 Å². The van der Waals surface area contributed by atoms with Gasteiger partial charge in [0, 0.05) is 0 Å². The molecule has 0 saturated carbocycles. The Balaban J connectivity index is 1.80. The lowest BCUT2D eigenvalue weighted by molar-refractivity contribution is -0.144. The number of thiocarbonyl (C=S) groups is 1. The summed E-state index contributed by atoms with van der Waals surface area (Å²) in [6, 6.07) is 12.6. The number of aliphatic carboxylic acids is 1. The van der Waals surface area contributed by atoms with Gasteiger partial charge in [0.1, 0.15) is 11.6 Å². The van der Waals surface area contributed by atoms with E-state index in [9.17, 15) is 14.0 Å². The fourth-order valence-corrected chi connectivity index (χ4v) is 3.64. The van der Waals surface area contributed by atoms with Crippen LogP contribution in [0.25, 0.3) is 6.08 Å². The van der Waals surface area contributed by atoms with Gasteiger partial charge in [0.25, 0.3) is 5.91 Å². The molecule has 1 N–H and O–H groups in total. The molecule has 1 aliphatic rings. The van der Waals surface area contributed by atoms with Crippen molar-refractivity contribution in [3.8, 4) is 5.75 Å². The zero-order chi connectivity index (χ0) is 19.6. The van der Waals surface area contributed by atoms with Crippen LogP contribution in [0.15, 0.2) is 53.4 Å². The number of anilines is 1. The number of carboxylic acid groups (broad SMARTS) is 1. The maximum absolute atomic E-state index is 14.0. The predicted molar refractivity (Wildman–Crippen MR) is 106 cm³/mol. The number of halogens is 1. The zero-order valence-electron chi connectivity index (χ0n) is 14.1. The summed E-state index contributed by atoms with van der Waals surface area (Å²) >= 11 is 6.32. The SMILES string of the molecule is CC(Oc1ccc(/C=C2/SC(=S)N(c3ccccc3F)C2=O)cc1)C(=O)O. The second-order valence-corrected chi connectivity index (χ2v) is 7.31. The molecule has 1 aliphatic heterocycles. The lowest BCUT2D eigenvalue weighted by Crippen LogP contribution is -2.28. The van der Waals surface area contributed by atoms with Crippen LogP contribution in [0.2, 0.25) is 0 Å². The Morgan fingerprint density at radius 1 is 1.26 bits per heavy atom. The topological polar surface area (TPSA) is 66.8 Å². The van der Waals surface area contributed by atoms with E-state index in [0.717, 1.165) is 11.8 Å². The summed E-state index contributed by atoms with van der Waals surface area (Å²) in [5, 5.41) is 8.86. The molecule has 1 unspecified atom stereocenters. The number of amides is 1. The van der Waals surface area contributed by atoms with Gasteiger partial charge in [-0.1, -0.05) is 48.2 Å². The molecule has 2 aromatic carbocycles. The highest BCUT2D eigenvalue weighted by atomic mass is 32.2. The Morgan fingerprint density at radius 3 is 2.56 bits per heavy atom. The molecule has 0 bridgehead atoms. The number of para-hydroxylation sites is 1. The molecule has 27 heavy (non-hydrogen) atoms. The first-order valence-corrected chi connectivity index (χ1v) is 9.11. The molecule has 0 radical (unpaired) electrons. The third-order valence-electron chi connectivity index (χ3n) is 3.73. The van der Waals surface area contributed by atoms with Gasteiger partial charge in [-0.3, -0.25) is 9.69 Å². The van der Waals surface area contributed by atoms with Gasteiger partial charge in [0.2, 0.25) is 0 Å². The molecular weight excluding hydrogens is 389 g/mol. The highest BCUT2D eigenvalue weighted by molar-refractivity contribution is 8.27. The Hall–Kier alpha value is -2.71. The summed E-state index contributed by atoms with van der Waals surface area (Å²) in [5.41, 5.74) is 0.828. The summed E-state index contributed by atoms with van der Waals surface area (Å²) in [6.45, 7) is 1.43. The maximum Gasteiger partial charge on any atom is 0.344 e.